The lowest BCUT2D eigenvalue weighted by Crippen LogP contribution is -2.55. The van der Waals surface area contributed by atoms with Crippen molar-refractivity contribution >= 4 is 11.3 Å². The lowest BCUT2D eigenvalue weighted by atomic mass is 9.71. The first-order valence-electron chi connectivity index (χ1n) is 7.15. The van der Waals surface area contributed by atoms with Crippen LogP contribution in [0.5, 0.6) is 0 Å². The van der Waals surface area contributed by atoms with Gasteiger partial charge >= 0.3 is 0 Å². The summed E-state index contributed by atoms with van der Waals surface area (Å²) in [5.41, 5.74) is 0.635. The highest BCUT2D eigenvalue weighted by Crippen LogP contribution is 2.39. The maximum atomic E-state index is 10.5. The topological polar surface area (TPSA) is 36.4 Å². The molecular formula is C15H26N2OS. The summed E-state index contributed by atoms with van der Waals surface area (Å²) < 4.78 is 0. The zero-order chi connectivity index (χ0) is 14.3. The number of hydrogen-bond donors (Lipinski definition) is 1. The molecule has 3 nitrogen and oxygen atoms in total. The molecule has 0 bridgehead atoms. The number of hydrogen-bond acceptors (Lipinski definition) is 4. The van der Waals surface area contributed by atoms with Gasteiger partial charge < -0.3 is 5.11 Å². The Bertz CT molecular complexity index is 451. The first kappa shape index (κ1) is 14.9. The summed E-state index contributed by atoms with van der Waals surface area (Å²) in [6, 6.07) is 0. The molecule has 108 valence electrons. The molecule has 1 aromatic heterocycles. The Morgan fingerprint density at radius 2 is 2.05 bits per heavy atom. The number of thiazole rings is 1. The van der Waals surface area contributed by atoms with Crippen molar-refractivity contribution in [3.8, 4) is 0 Å². The van der Waals surface area contributed by atoms with Gasteiger partial charge in [-0.3, -0.25) is 4.90 Å². The molecule has 1 atom stereocenters. The quantitative estimate of drug-likeness (QED) is 0.926. The Kier molecular flexibility index (Phi) is 4.05. The zero-order valence-corrected chi connectivity index (χ0v) is 13.6. The lowest BCUT2D eigenvalue weighted by molar-refractivity contribution is -0.106. The van der Waals surface area contributed by atoms with Crippen LogP contribution in [-0.4, -0.2) is 33.7 Å². The molecule has 0 radical (unpaired) electrons. The molecule has 2 heterocycles. The van der Waals surface area contributed by atoms with E-state index in [1.807, 2.05) is 18.3 Å². The first-order valence-corrected chi connectivity index (χ1v) is 7.97. The number of likely N-dealkylation sites (tertiary alicyclic amines) is 1. The molecule has 19 heavy (non-hydrogen) atoms. The summed E-state index contributed by atoms with van der Waals surface area (Å²) in [5, 5.41) is 11.6. The average Bonchev–Trinajstić information content (AvgIpc) is 2.64. The van der Waals surface area contributed by atoms with E-state index in [-0.39, 0.29) is 5.41 Å². The van der Waals surface area contributed by atoms with Gasteiger partial charge in [-0.25, -0.2) is 4.98 Å². The first-order chi connectivity index (χ1) is 8.75. The minimum absolute atomic E-state index is 0.0582. The van der Waals surface area contributed by atoms with Crippen LogP contribution in [0.3, 0.4) is 0 Å². The van der Waals surface area contributed by atoms with E-state index in [0.717, 1.165) is 37.5 Å². The van der Waals surface area contributed by atoms with Crippen LogP contribution in [0.25, 0.3) is 0 Å². The monoisotopic (exact) mass is 282 g/mol. The van der Waals surface area contributed by atoms with Crippen molar-refractivity contribution in [1.82, 2.24) is 9.88 Å². The van der Waals surface area contributed by atoms with Crippen LogP contribution in [0.4, 0.5) is 0 Å². The van der Waals surface area contributed by atoms with Gasteiger partial charge in [0, 0.05) is 29.9 Å². The number of rotatable bonds is 3. The molecular weight excluding hydrogens is 256 g/mol. The fraction of sp³-hybridized carbons (Fsp3) is 0.800. The second kappa shape index (κ2) is 5.15. The molecule has 0 aliphatic carbocycles. The Labute approximate surface area is 120 Å². The second-order valence-corrected chi connectivity index (χ2v) is 7.86. The van der Waals surface area contributed by atoms with Gasteiger partial charge in [0.15, 0.2) is 0 Å². The number of aromatic nitrogens is 1. The molecule has 0 spiro atoms. The van der Waals surface area contributed by atoms with E-state index in [1.54, 1.807) is 0 Å². The van der Waals surface area contributed by atoms with Crippen LogP contribution >= 0.6 is 11.3 Å². The van der Waals surface area contributed by atoms with Crippen molar-refractivity contribution in [2.24, 2.45) is 5.41 Å². The van der Waals surface area contributed by atoms with Gasteiger partial charge in [0.1, 0.15) is 0 Å². The molecule has 1 N–H and O–H groups in total. The molecule has 1 fully saturated rings. The van der Waals surface area contributed by atoms with Crippen molar-refractivity contribution < 1.29 is 5.11 Å². The van der Waals surface area contributed by atoms with Gasteiger partial charge in [0.2, 0.25) is 0 Å². The fourth-order valence-corrected chi connectivity index (χ4v) is 3.84. The number of aliphatic hydroxyl groups is 1. The standard InChI is InChI=1S/C15H26N2OS/c1-6-12-13(19-11(2)16-12)9-17-8-7-15(5,18)14(3,4)10-17/h18H,6-10H2,1-5H3/t15-/m1/s1. The van der Waals surface area contributed by atoms with E-state index in [4.69, 9.17) is 0 Å². The molecule has 0 unspecified atom stereocenters. The Balaban J connectivity index is 2.09. The summed E-state index contributed by atoms with van der Waals surface area (Å²) in [6.07, 6.45) is 1.86. The van der Waals surface area contributed by atoms with Crippen molar-refractivity contribution in [2.75, 3.05) is 13.1 Å². The predicted octanol–water partition coefficient (Wildman–Crippen LogP) is 3.00. The van der Waals surface area contributed by atoms with Gasteiger partial charge in [-0.05, 0) is 26.7 Å². The third kappa shape index (κ3) is 3.01. The largest absolute Gasteiger partial charge is 0.390 e. The number of aryl methyl sites for hydroxylation is 2. The highest BCUT2D eigenvalue weighted by atomic mass is 32.1. The average molecular weight is 282 g/mol. The minimum atomic E-state index is -0.555. The third-order valence-electron chi connectivity index (χ3n) is 4.58. The molecule has 1 aliphatic heterocycles. The predicted molar refractivity (Wildman–Crippen MR) is 80.5 cm³/mol. The molecule has 0 amide bonds. The highest BCUT2D eigenvalue weighted by Gasteiger charge is 2.43. The second-order valence-electron chi connectivity index (χ2n) is 6.57. The molecule has 0 aromatic carbocycles. The van der Waals surface area contributed by atoms with E-state index < -0.39 is 5.60 Å². The van der Waals surface area contributed by atoms with Crippen molar-refractivity contribution in [3.63, 3.8) is 0 Å². The van der Waals surface area contributed by atoms with Crippen LogP contribution in [-0.2, 0) is 13.0 Å². The third-order valence-corrected chi connectivity index (χ3v) is 5.58. The number of piperidine rings is 1. The van der Waals surface area contributed by atoms with Crippen molar-refractivity contribution in [3.05, 3.63) is 15.6 Å². The zero-order valence-electron chi connectivity index (χ0n) is 12.8. The summed E-state index contributed by atoms with van der Waals surface area (Å²) in [5.74, 6) is 0. The SMILES string of the molecule is CCc1nc(C)sc1CN1CC[C@@](C)(O)C(C)(C)C1. The Morgan fingerprint density at radius 1 is 1.37 bits per heavy atom. The van der Waals surface area contributed by atoms with Crippen molar-refractivity contribution in [2.45, 2.75) is 59.6 Å². The van der Waals surface area contributed by atoms with Crippen LogP contribution in [0, 0.1) is 12.3 Å². The Morgan fingerprint density at radius 3 is 2.63 bits per heavy atom. The van der Waals surface area contributed by atoms with Gasteiger partial charge in [0.25, 0.3) is 0 Å². The fourth-order valence-electron chi connectivity index (χ4n) is 2.77. The van der Waals surface area contributed by atoms with Crippen LogP contribution < -0.4 is 0 Å². The Hall–Kier alpha value is -0.450. The molecule has 4 heteroatoms. The molecule has 1 aromatic rings. The molecule has 1 aliphatic rings. The summed E-state index contributed by atoms with van der Waals surface area (Å²) in [6.45, 7) is 13.4. The van der Waals surface area contributed by atoms with Crippen molar-refractivity contribution in [1.29, 1.82) is 0 Å². The van der Waals surface area contributed by atoms with E-state index >= 15 is 0 Å². The van der Waals surface area contributed by atoms with E-state index in [0.29, 0.717) is 0 Å². The maximum Gasteiger partial charge on any atom is 0.0900 e. The summed E-state index contributed by atoms with van der Waals surface area (Å²) in [4.78, 5) is 8.46. The van der Waals surface area contributed by atoms with Crippen LogP contribution in [0.2, 0.25) is 0 Å². The molecule has 2 rings (SSSR count). The smallest absolute Gasteiger partial charge is 0.0900 e. The normalized spacial score (nSPS) is 27.7. The highest BCUT2D eigenvalue weighted by molar-refractivity contribution is 7.11. The van der Waals surface area contributed by atoms with Gasteiger partial charge in [-0.1, -0.05) is 20.8 Å². The maximum absolute atomic E-state index is 10.5. The molecule has 1 saturated heterocycles. The number of nitrogens with zero attached hydrogens (tertiary/aromatic N) is 2. The van der Waals surface area contributed by atoms with E-state index in [1.165, 1.54) is 10.6 Å². The van der Waals surface area contributed by atoms with Gasteiger partial charge in [0.05, 0.1) is 16.3 Å². The van der Waals surface area contributed by atoms with Gasteiger partial charge in [-0.15, -0.1) is 11.3 Å². The van der Waals surface area contributed by atoms with Gasteiger partial charge in [-0.2, -0.15) is 0 Å². The molecule has 0 saturated carbocycles. The van der Waals surface area contributed by atoms with E-state index in [2.05, 4.69) is 37.6 Å². The van der Waals surface area contributed by atoms with Crippen LogP contribution in [0.15, 0.2) is 0 Å². The van der Waals surface area contributed by atoms with E-state index in [9.17, 15) is 5.11 Å². The summed E-state index contributed by atoms with van der Waals surface area (Å²) in [7, 11) is 0. The lowest BCUT2D eigenvalue weighted by Gasteiger charge is -2.48. The minimum Gasteiger partial charge on any atom is -0.390 e. The van der Waals surface area contributed by atoms with Crippen LogP contribution in [0.1, 0.15) is 49.7 Å². The summed E-state index contributed by atoms with van der Waals surface area (Å²) >= 11 is 1.82.